The van der Waals surface area contributed by atoms with Crippen LogP contribution in [0.2, 0.25) is 0 Å². The van der Waals surface area contributed by atoms with Gasteiger partial charge in [0, 0.05) is 16.7 Å². The van der Waals surface area contributed by atoms with Gasteiger partial charge in [0.2, 0.25) is 0 Å². The summed E-state index contributed by atoms with van der Waals surface area (Å²) in [7, 11) is 0.787. The highest BCUT2D eigenvalue weighted by Gasteiger charge is 2.43. The average molecular weight is 250 g/mol. The maximum Gasteiger partial charge on any atom is 0.146 e. The minimum Gasteiger partial charge on any atom is -0.424 e. The minimum atomic E-state index is 0.292. The summed E-state index contributed by atoms with van der Waals surface area (Å²) in [5.41, 5.74) is 0.346. The maximum atomic E-state index is 5.75. The molecule has 1 nitrogen and oxygen atoms in total. The molecular weight excluding hydrogens is 232 g/mol. The average Bonchev–Trinajstić information content (AvgIpc) is 2.73. The molecule has 0 bridgehead atoms. The number of hydrogen-bond acceptors (Lipinski definition) is 2. The van der Waals surface area contributed by atoms with Crippen LogP contribution in [0.1, 0.15) is 30.6 Å². The van der Waals surface area contributed by atoms with Crippen LogP contribution in [0.3, 0.4) is 0 Å². The largest absolute Gasteiger partial charge is 0.424 e. The molecular formula is C13H18OSSi. The van der Waals surface area contributed by atoms with E-state index in [0.29, 0.717) is 11.5 Å². The zero-order valence-corrected chi connectivity index (χ0v) is 12.6. The van der Waals surface area contributed by atoms with Gasteiger partial charge in [-0.2, -0.15) is 0 Å². The molecule has 1 aliphatic carbocycles. The van der Waals surface area contributed by atoms with Gasteiger partial charge >= 0.3 is 0 Å². The fourth-order valence-corrected chi connectivity index (χ4v) is 4.19. The van der Waals surface area contributed by atoms with Crippen LogP contribution in [0.15, 0.2) is 17.5 Å². The van der Waals surface area contributed by atoms with E-state index in [1.807, 2.05) is 11.3 Å². The first-order chi connectivity index (χ1) is 7.80. The molecule has 0 N–H and O–H groups in total. The van der Waals surface area contributed by atoms with Gasteiger partial charge in [-0.3, -0.25) is 0 Å². The van der Waals surface area contributed by atoms with E-state index in [-0.39, 0.29) is 0 Å². The van der Waals surface area contributed by atoms with Crippen molar-refractivity contribution in [2.24, 2.45) is 5.41 Å². The second-order valence-electron chi connectivity index (χ2n) is 4.60. The number of thiophene rings is 1. The van der Waals surface area contributed by atoms with Crippen LogP contribution in [0, 0.1) is 17.8 Å². The molecule has 0 spiro atoms. The van der Waals surface area contributed by atoms with Gasteiger partial charge in [0.25, 0.3) is 0 Å². The Morgan fingerprint density at radius 2 is 2.44 bits per heavy atom. The van der Waals surface area contributed by atoms with Crippen molar-refractivity contribution in [2.45, 2.75) is 38.2 Å². The normalized spacial score (nSPS) is 19.9. The van der Waals surface area contributed by atoms with E-state index in [1.165, 1.54) is 24.1 Å². The molecule has 86 valence electrons. The third kappa shape index (κ3) is 2.24. The van der Waals surface area contributed by atoms with Crippen molar-refractivity contribution in [1.29, 1.82) is 0 Å². The SMILES string of the molecule is C#CCC(O[SiH3])C1(Cc2cccs2)CCC1. The Hall–Kier alpha value is -0.563. The van der Waals surface area contributed by atoms with E-state index in [9.17, 15) is 0 Å². The van der Waals surface area contributed by atoms with Gasteiger partial charge in [0.1, 0.15) is 10.5 Å². The zero-order chi connectivity index (χ0) is 11.4. The Kier molecular flexibility index (Phi) is 3.85. The van der Waals surface area contributed by atoms with Crippen molar-refractivity contribution in [1.82, 2.24) is 0 Å². The van der Waals surface area contributed by atoms with Crippen LogP contribution >= 0.6 is 11.3 Å². The van der Waals surface area contributed by atoms with Crippen LogP contribution in [0.25, 0.3) is 0 Å². The second-order valence-corrected chi connectivity index (χ2v) is 6.11. The fourth-order valence-electron chi connectivity index (χ4n) is 2.66. The molecule has 1 fully saturated rings. The quantitative estimate of drug-likeness (QED) is 0.575. The van der Waals surface area contributed by atoms with E-state index in [1.54, 1.807) is 0 Å². The summed E-state index contributed by atoms with van der Waals surface area (Å²) in [6.45, 7) is 0. The zero-order valence-electron chi connectivity index (χ0n) is 9.74. The first-order valence-electron chi connectivity index (χ1n) is 5.79. The second kappa shape index (κ2) is 5.18. The summed E-state index contributed by atoms with van der Waals surface area (Å²) in [6, 6.07) is 4.36. The molecule has 0 amide bonds. The fraction of sp³-hybridized carbons (Fsp3) is 0.538. The summed E-state index contributed by atoms with van der Waals surface area (Å²) < 4.78 is 5.75. The minimum absolute atomic E-state index is 0.292. The van der Waals surface area contributed by atoms with E-state index >= 15 is 0 Å². The van der Waals surface area contributed by atoms with Crippen LogP contribution in [0.5, 0.6) is 0 Å². The van der Waals surface area contributed by atoms with Gasteiger partial charge in [-0.25, -0.2) is 0 Å². The molecule has 0 aliphatic heterocycles. The number of terminal acetylenes is 1. The topological polar surface area (TPSA) is 9.23 Å². The Balaban J connectivity index is 2.09. The van der Waals surface area contributed by atoms with E-state index in [4.69, 9.17) is 10.8 Å². The maximum absolute atomic E-state index is 5.75. The summed E-state index contributed by atoms with van der Waals surface area (Å²) >= 11 is 1.85. The Bertz CT molecular complexity index is 362. The lowest BCUT2D eigenvalue weighted by Crippen LogP contribution is -2.44. The van der Waals surface area contributed by atoms with Crippen molar-refractivity contribution < 1.29 is 4.43 Å². The molecule has 1 saturated carbocycles. The highest BCUT2D eigenvalue weighted by Crippen LogP contribution is 2.48. The van der Waals surface area contributed by atoms with Gasteiger partial charge in [-0.05, 0) is 30.7 Å². The van der Waals surface area contributed by atoms with E-state index in [0.717, 1.165) is 23.3 Å². The van der Waals surface area contributed by atoms with Gasteiger partial charge < -0.3 is 4.43 Å². The van der Waals surface area contributed by atoms with Crippen LogP contribution in [0.4, 0.5) is 0 Å². The summed E-state index contributed by atoms with van der Waals surface area (Å²) in [4.78, 5) is 1.47. The third-order valence-corrected chi connectivity index (χ3v) is 5.17. The molecule has 0 saturated heterocycles. The van der Waals surface area contributed by atoms with Crippen molar-refractivity contribution in [2.75, 3.05) is 0 Å². The lowest BCUT2D eigenvalue weighted by Gasteiger charge is -2.47. The van der Waals surface area contributed by atoms with Crippen LogP contribution < -0.4 is 0 Å². The monoisotopic (exact) mass is 250 g/mol. The van der Waals surface area contributed by atoms with Crippen molar-refractivity contribution in [3.05, 3.63) is 22.4 Å². The molecule has 1 aromatic heterocycles. The highest BCUT2D eigenvalue weighted by atomic mass is 32.1. The van der Waals surface area contributed by atoms with E-state index < -0.39 is 0 Å². The summed E-state index contributed by atoms with van der Waals surface area (Å²) in [5.74, 6) is 2.77. The third-order valence-electron chi connectivity index (χ3n) is 3.73. The molecule has 1 unspecified atom stereocenters. The van der Waals surface area contributed by atoms with E-state index in [2.05, 4.69) is 23.4 Å². The van der Waals surface area contributed by atoms with Crippen molar-refractivity contribution in [3.8, 4) is 12.3 Å². The lowest BCUT2D eigenvalue weighted by molar-refractivity contribution is -0.00993. The summed E-state index contributed by atoms with van der Waals surface area (Å²) in [6.07, 6.45) is 11.5. The van der Waals surface area contributed by atoms with Gasteiger partial charge in [-0.1, -0.05) is 12.5 Å². The molecule has 1 aliphatic rings. The molecule has 1 heterocycles. The molecule has 1 atom stereocenters. The van der Waals surface area contributed by atoms with Crippen LogP contribution in [-0.2, 0) is 10.8 Å². The van der Waals surface area contributed by atoms with Crippen LogP contribution in [-0.4, -0.2) is 16.6 Å². The Morgan fingerprint density at radius 1 is 1.62 bits per heavy atom. The Morgan fingerprint density at radius 3 is 2.88 bits per heavy atom. The predicted molar refractivity (Wildman–Crippen MR) is 72.6 cm³/mol. The molecule has 0 radical (unpaired) electrons. The molecule has 1 aromatic rings. The van der Waals surface area contributed by atoms with Crippen molar-refractivity contribution in [3.63, 3.8) is 0 Å². The lowest BCUT2D eigenvalue weighted by atomic mass is 9.62. The molecule has 0 aromatic carbocycles. The first-order valence-corrected chi connectivity index (χ1v) is 7.49. The molecule has 2 rings (SSSR count). The molecule has 3 heteroatoms. The summed E-state index contributed by atoms with van der Waals surface area (Å²) in [5, 5.41) is 2.15. The Labute approximate surface area is 105 Å². The standard InChI is InChI=1S/C13H18OSSi/c1-2-5-12(14-16)13(7-4-8-13)10-11-6-3-9-15-11/h1,3,6,9,12H,4-5,7-8,10H2,16H3. The van der Waals surface area contributed by atoms with Gasteiger partial charge in [0.05, 0.1) is 6.10 Å². The van der Waals surface area contributed by atoms with Gasteiger partial charge in [0.15, 0.2) is 0 Å². The number of hydrogen-bond donors (Lipinski definition) is 0. The highest BCUT2D eigenvalue weighted by molar-refractivity contribution is 7.09. The first kappa shape index (κ1) is 11.9. The van der Waals surface area contributed by atoms with Gasteiger partial charge in [-0.15, -0.1) is 23.7 Å². The van der Waals surface area contributed by atoms with Crippen molar-refractivity contribution >= 4 is 21.8 Å². The smallest absolute Gasteiger partial charge is 0.146 e. The predicted octanol–water partition coefficient (Wildman–Crippen LogP) is 2.15. The number of rotatable bonds is 5. The molecule has 16 heavy (non-hydrogen) atoms.